The highest BCUT2D eigenvalue weighted by molar-refractivity contribution is 6.99. The number of hydrogen-bond acceptors (Lipinski definition) is 4. The number of carbonyl (C=O) groups is 1. The lowest BCUT2D eigenvalue weighted by Gasteiger charge is -2.43. The second-order valence-electron chi connectivity index (χ2n) is 8.62. The van der Waals surface area contributed by atoms with Crippen LogP contribution < -0.4 is 10.4 Å². The summed E-state index contributed by atoms with van der Waals surface area (Å²) in [5.41, 5.74) is 0. The predicted molar refractivity (Wildman–Crippen MR) is 130 cm³/mol. The minimum absolute atomic E-state index is 0.00462. The van der Waals surface area contributed by atoms with Gasteiger partial charge in [-0.2, -0.15) is 0 Å². The Morgan fingerprint density at radius 2 is 1.35 bits per heavy atom. The van der Waals surface area contributed by atoms with E-state index in [9.17, 15) is 4.79 Å². The first kappa shape index (κ1) is 24.9. The molecule has 0 fully saturated rings. The topological polar surface area (TPSA) is 44.8 Å². The van der Waals surface area contributed by atoms with Crippen molar-refractivity contribution in [2.45, 2.75) is 51.5 Å². The summed E-state index contributed by atoms with van der Waals surface area (Å²) in [6.07, 6.45) is 4.71. The molecule has 168 valence electrons. The zero-order chi connectivity index (χ0) is 22.6. The van der Waals surface area contributed by atoms with Gasteiger partial charge in [0.1, 0.15) is 6.61 Å². The highest BCUT2D eigenvalue weighted by atomic mass is 28.4. The molecule has 0 heterocycles. The van der Waals surface area contributed by atoms with Crippen molar-refractivity contribution >= 4 is 24.8 Å². The summed E-state index contributed by atoms with van der Waals surface area (Å²) < 4.78 is 16.7. The molecule has 0 atom stereocenters. The van der Waals surface area contributed by atoms with Gasteiger partial charge in [-0.3, -0.25) is 0 Å². The fourth-order valence-electron chi connectivity index (χ4n) is 3.87. The maximum atomic E-state index is 11.3. The average Bonchev–Trinajstić information content (AvgIpc) is 2.77. The second kappa shape index (κ2) is 12.5. The monoisotopic (exact) mass is 440 g/mol. The quantitative estimate of drug-likeness (QED) is 0.190. The van der Waals surface area contributed by atoms with Crippen molar-refractivity contribution in [2.75, 3.05) is 19.8 Å². The van der Waals surface area contributed by atoms with Crippen LogP contribution in [0.2, 0.25) is 5.04 Å². The van der Waals surface area contributed by atoms with Gasteiger partial charge in [-0.05, 0) is 34.7 Å². The predicted octanol–water partition coefficient (Wildman–Crippen LogP) is 5.46. The molecule has 0 bridgehead atoms. The van der Waals surface area contributed by atoms with Crippen molar-refractivity contribution in [3.05, 3.63) is 73.3 Å². The van der Waals surface area contributed by atoms with Gasteiger partial charge in [0.2, 0.25) is 0 Å². The average molecular weight is 441 g/mol. The third-order valence-corrected chi connectivity index (χ3v) is 10.4. The molecule has 0 amide bonds. The number of benzene rings is 2. The Morgan fingerprint density at radius 1 is 0.839 bits per heavy atom. The fourth-order valence-corrected chi connectivity index (χ4v) is 8.47. The molecular weight excluding hydrogens is 404 g/mol. The van der Waals surface area contributed by atoms with E-state index in [1.165, 1.54) is 16.4 Å². The molecule has 0 radical (unpaired) electrons. The fraction of sp³-hybridized carbons (Fsp3) is 0.423. The lowest BCUT2D eigenvalue weighted by atomic mass is 10.2. The van der Waals surface area contributed by atoms with Crippen molar-refractivity contribution in [2.24, 2.45) is 0 Å². The Morgan fingerprint density at radius 3 is 1.84 bits per heavy atom. The molecule has 0 aliphatic carbocycles. The van der Waals surface area contributed by atoms with Gasteiger partial charge < -0.3 is 13.9 Å². The van der Waals surface area contributed by atoms with Gasteiger partial charge in [-0.25, -0.2) is 4.79 Å². The van der Waals surface area contributed by atoms with Gasteiger partial charge in [-0.1, -0.05) is 101 Å². The molecule has 0 aromatic heterocycles. The Hall–Kier alpha value is -2.37. The minimum atomic E-state index is -2.45. The molecule has 4 nitrogen and oxygen atoms in total. The van der Waals surface area contributed by atoms with Crippen LogP contribution in [-0.4, -0.2) is 34.3 Å². The van der Waals surface area contributed by atoms with Crippen LogP contribution >= 0.6 is 0 Å². The smallest absolute Gasteiger partial charge is 0.434 e. The van der Waals surface area contributed by atoms with Crippen LogP contribution in [0.5, 0.6) is 0 Å². The highest BCUT2D eigenvalue weighted by Crippen LogP contribution is 2.36. The van der Waals surface area contributed by atoms with Crippen LogP contribution in [0.4, 0.5) is 4.79 Å². The SMILES string of the molecule is C=CCOC(=O)OCCCCCCO[Si](c1ccccc1)(c1ccccc1)C(C)(C)C. The van der Waals surface area contributed by atoms with E-state index in [2.05, 4.69) is 88.0 Å². The van der Waals surface area contributed by atoms with Gasteiger partial charge in [0, 0.05) is 6.61 Å². The summed E-state index contributed by atoms with van der Waals surface area (Å²) >= 11 is 0. The molecule has 31 heavy (non-hydrogen) atoms. The molecule has 0 aliphatic heterocycles. The maximum Gasteiger partial charge on any atom is 0.508 e. The van der Waals surface area contributed by atoms with E-state index in [4.69, 9.17) is 13.9 Å². The summed E-state index contributed by atoms with van der Waals surface area (Å²) in [6, 6.07) is 21.4. The van der Waals surface area contributed by atoms with E-state index in [0.717, 1.165) is 32.3 Å². The molecule has 5 heteroatoms. The molecule has 0 unspecified atom stereocenters. The number of rotatable bonds is 12. The van der Waals surface area contributed by atoms with Crippen LogP contribution in [0.3, 0.4) is 0 Å². The molecule has 0 spiro atoms. The van der Waals surface area contributed by atoms with E-state index in [1.807, 2.05) is 0 Å². The Kier molecular flexibility index (Phi) is 10.0. The van der Waals surface area contributed by atoms with Gasteiger partial charge in [0.25, 0.3) is 8.32 Å². The lowest BCUT2D eigenvalue weighted by molar-refractivity contribution is 0.0619. The third-order valence-electron chi connectivity index (χ3n) is 5.31. The molecule has 0 N–H and O–H groups in total. The third kappa shape index (κ3) is 7.08. The van der Waals surface area contributed by atoms with E-state index < -0.39 is 14.5 Å². The van der Waals surface area contributed by atoms with Crippen LogP contribution in [0, 0.1) is 0 Å². The van der Waals surface area contributed by atoms with Crippen LogP contribution in [0.1, 0.15) is 46.5 Å². The number of ether oxygens (including phenoxy) is 2. The van der Waals surface area contributed by atoms with Crippen LogP contribution in [0.15, 0.2) is 73.3 Å². The molecule has 0 saturated heterocycles. The molecule has 0 aliphatic rings. The van der Waals surface area contributed by atoms with E-state index in [0.29, 0.717) is 6.61 Å². The first-order valence-corrected chi connectivity index (χ1v) is 13.0. The minimum Gasteiger partial charge on any atom is -0.434 e. The maximum absolute atomic E-state index is 11.3. The normalized spacial score (nSPS) is 11.7. The molecule has 2 rings (SSSR count). The largest absolute Gasteiger partial charge is 0.508 e. The van der Waals surface area contributed by atoms with E-state index in [1.54, 1.807) is 0 Å². The Bertz CT molecular complexity index is 745. The zero-order valence-corrected chi connectivity index (χ0v) is 20.1. The number of hydrogen-bond donors (Lipinski definition) is 0. The van der Waals surface area contributed by atoms with Crippen molar-refractivity contribution in [1.29, 1.82) is 0 Å². The van der Waals surface area contributed by atoms with Crippen molar-refractivity contribution in [1.82, 2.24) is 0 Å². The number of unbranched alkanes of at least 4 members (excludes halogenated alkanes) is 3. The lowest BCUT2D eigenvalue weighted by Crippen LogP contribution is -2.66. The van der Waals surface area contributed by atoms with Crippen molar-refractivity contribution in [3.8, 4) is 0 Å². The summed E-state index contributed by atoms with van der Waals surface area (Å²) in [7, 11) is -2.45. The zero-order valence-electron chi connectivity index (χ0n) is 19.1. The summed E-state index contributed by atoms with van der Waals surface area (Å²) in [6.45, 7) is 11.7. The molecule has 2 aromatic carbocycles. The van der Waals surface area contributed by atoms with Gasteiger partial charge in [0.05, 0.1) is 6.61 Å². The molecular formula is C26H36O4Si. The second-order valence-corrected chi connectivity index (χ2v) is 12.9. The first-order chi connectivity index (χ1) is 14.9. The molecule has 0 saturated carbocycles. The van der Waals surface area contributed by atoms with Crippen molar-refractivity contribution in [3.63, 3.8) is 0 Å². The van der Waals surface area contributed by atoms with Crippen LogP contribution in [0.25, 0.3) is 0 Å². The van der Waals surface area contributed by atoms with Crippen molar-refractivity contribution < 1.29 is 18.7 Å². The summed E-state index contributed by atoms with van der Waals surface area (Å²) in [5.74, 6) is 0. The highest BCUT2D eigenvalue weighted by Gasteiger charge is 2.49. The van der Waals surface area contributed by atoms with Gasteiger partial charge in [-0.15, -0.1) is 0 Å². The van der Waals surface area contributed by atoms with Crippen LogP contribution in [-0.2, 0) is 13.9 Å². The summed E-state index contributed by atoms with van der Waals surface area (Å²) in [4.78, 5) is 11.3. The molecule has 2 aromatic rings. The van der Waals surface area contributed by atoms with E-state index >= 15 is 0 Å². The van der Waals surface area contributed by atoms with Gasteiger partial charge in [0.15, 0.2) is 0 Å². The summed E-state index contributed by atoms with van der Waals surface area (Å²) in [5, 5.41) is 2.61. The van der Waals surface area contributed by atoms with Gasteiger partial charge >= 0.3 is 6.16 Å². The number of carbonyl (C=O) groups excluding carboxylic acids is 1. The Labute approximate surface area is 188 Å². The van der Waals surface area contributed by atoms with E-state index in [-0.39, 0.29) is 11.6 Å². The standard InChI is InChI=1S/C26H36O4Si/c1-5-20-28-25(27)29-21-14-6-7-15-22-30-31(26(2,3)4,23-16-10-8-11-17-23)24-18-12-9-13-19-24/h5,8-13,16-19H,1,6-7,14-15,20-22H2,2-4H3. The Balaban J connectivity index is 1.95. The first-order valence-electron chi connectivity index (χ1n) is 11.1.